The predicted molar refractivity (Wildman–Crippen MR) is 101 cm³/mol. The van der Waals surface area contributed by atoms with Crippen LogP contribution in [0.3, 0.4) is 0 Å². The third kappa shape index (κ3) is 4.54. The molecule has 3 aromatic rings. The molecule has 0 bridgehead atoms. The van der Waals surface area contributed by atoms with Crippen molar-refractivity contribution in [3.63, 3.8) is 0 Å². The van der Waals surface area contributed by atoms with E-state index in [1.165, 1.54) is 29.7 Å². The Hall–Kier alpha value is -3.66. The molecule has 0 saturated carbocycles. The first-order chi connectivity index (χ1) is 13.4. The number of phenolic OH excluding ortho intramolecular Hbond substituents is 1. The minimum Gasteiger partial charge on any atom is -0.507 e. The van der Waals surface area contributed by atoms with Gasteiger partial charge in [0.2, 0.25) is 5.91 Å². The zero-order valence-corrected chi connectivity index (χ0v) is 15.5. The van der Waals surface area contributed by atoms with Gasteiger partial charge < -0.3 is 9.52 Å². The van der Waals surface area contributed by atoms with Gasteiger partial charge in [-0.25, -0.2) is 4.98 Å². The van der Waals surface area contributed by atoms with Gasteiger partial charge in [-0.2, -0.15) is 0 Å². The molecule has 0 aliphatic carbocycles. The molecule has 4 N–H and O–H groups in total. The van der Waals surface area contributed by atoms with Gasteiger partial charge >= 0.3 is 0 Å². The lowest BCUT2D eigenvalue weighted by Gasteiger charge is -2.07. The Morgan fingerprint density at radius 2 is 1.89 bits per heavy atom. The molecule has 0 saturated heterocycles. The number of hydrogen-bond acceptors (Lipinski definition) is 7. The van der Waals surface area contributed by atoms with Gasteiger partial charge in [0.05, 0.1) is 29.5 Å². The summed E-state index contributed by atoms with van der Waals surface area (Å²) in [4.78, 5) is 40.2. The molecule has 1 aromatic carbocycles. The molecule has 28 heavy (non-hydrogen) atoms. The summed E-state index contributed by atoms with van der Waals surface area (Å²) < 4.78 is 5.09. The summed E-state index contributed by atoms with van der Waals surface area (Å²) in [5.41, 5.74) is 5.34. The molecule has 0 spiro atoms. The van der Waals surface area contributed by atoms with Crippen LogP contribution in [0, 0.1) is 6.92 Å². The number of hydrogen-bond donors (Lipinski definition) is 4. The second-order valence-electron chi connectivity index (χ2n) is 5.68. The lowest BCUT2D eigenvalue weighted by atomic mass is 10.2. The lowest BCUT2D eigenvalue weighted by molar-refractivity contribution is -0.121. The SMILES string of the molecule is Cc1occc1C(=O)Nc1nc(CC(=O)NNC(=O)c2ccccc2O)cs1. The molecular weight excluding hydrogens is 384 g/mol. The Kier molecular flexibility index (Phi) is 5.70. The molecule has 0 unspecified atom stereocenters. The average Bonchev–Trinajstić information content (AvgIpc) is 3.28. The maximum Gasteiger partial charge on any atom is 0.273 e. The Bertz CT molecular complexity index is 1030. The molecule has 2 aromatic heterocycles. The van der Waals surface area contributed by atoms with Crippen molar-refractivity contribution in [2.24, 2.45) is 0 Å². The van der Waals surface area contributed by atoms with E-state index in [9.17, 15) is 19.5 Å². The number of aromatic hydroxyl groups is 1. The number of hydrazine groups is 1. The van der Waals surface area contributed by atoms with Crippen molar-refractivity contribution < 1.29 is 23.9 Å². The van der Waals surface area contributed by atoms with Crippen molar-refractivity contribution in [2.45, 2.75) is 13.3 Å². The minimum atomic E-state index is -0.645. The van der Waals surface area contributed by atoms with Crippen LogP contribution >= 0.6 is 11.3 Å². The van der Waals surface area contributed by atoms with Crippen molar-refractivity contribution in [1.82, 2.24) is 15.8 Å². The van der Waals surface area contributed by atoms with Crippen molar-refractivity contribution in [3.05, 3.63) is 64.6 Å². The number of anilines is 1. The number of carbonyl (C=O) groups excluding carboxylic acids is 3. The highest BCUT2D eigenvalue weighted by atomic mass is 32.1. The van der Waals surface area contributed by atoms with E-state index in [1.54, 1.807) is 30.5 Å². The number of amides is 3. The number of aromatic nitrogens is 1. The van der Waals surface area contributed by atoms with E-state index >= 15 is 0 Å². The van der Waals surface area contributed by atoms with Crippen LogP contribution in [0.4, 0.5) is 5.13 Å². The second-order valence-corrected chi connectivity index (χ2v) is 6.54. The highest BCUT2D eigenvalue weighted by Crippen LogP contribution is 2.18. The van der Waals surface area contributed by atoms with Crippen LogP contribution in [0.25, 0.3) is 0 Å². The molecule has 0 radical (unpaired) electrons. The van der Waals surface area contributed by atoms with Crippen molar-refractivity contribution in [3.8, 4) is 5.75 Å². The maximum absolute atomic E-state index is 12.1. The van der Waals surface area contributed by atoms with Crippen molar-refractivity contribution in [1.29, 1.82) is 0 Å². The summed E-state index contributed by atoms with van der Waals surface area (Å²) in [7, 11) is 0. The number of rotatable bonds is 5. The highest BCUT2D eigenvalue weighted by molar-refractivity contribution is 7.14. The third-order valence-corrected chi connectivity index (χ3v) is 4.49. The summed E-state index contributed by atoms with van der Waals surface area (Å²) in [5.74, 6) is -1.20. The summed E-state index contributed by atoms with van der Waals surface area (Å²) in [5, 5.41) is 14.2. The summed E-state index contributed by atoms with van der Waals surface area (Å²) >= 11 is 1.17. The number of carbonyl (C=O) groups is 3. The van der Waals surface area contributed by atoms with Crippen LogP contribution in [0.2, 0.25) is 0 Å². The fourth-order valence-corrected chi connectivity index (χ4v) is 3.00. The Labute approximate surface area is 163 Å². The van der Waals surface area contributed by atoms with Gasteiger partial charge in [-0.15, -0.1) is 11.3 Å². The van der Waals surface area contributed by atoms with E-state index in [2.05, 4.69) is 21.2 Å². The van der Waals surface area contributed by atoms with Gasteiger partial charge in [-0.1, -0.05) is 12.1 Å². The van der Waals surface area contributed by atoms with Gasteiger partial charge in [0, 0.05) is 5.38 Å². The number of aryl methyl sites for hydroxylation is 1. The maximum atomic E-state index is 12.1. The topological polar surface area (TPSA) is 134 Å². The largest absolute Gasteiger partial charge is 0.507 e. The molecule has 144 valence electrons. The molecule has 0 fully saturated rings. The average molecular weight is 400 g/mol. The van der Waals surface area contributed by atoms with E-state index in [4.69, 9.17) is 4.42 Å². The van der Waals surface area contributed by atoms with Gasteiger partial charge in [0.1, 0.15) is 11.5 Å². The number of phenols is 1. The molecule has 0 atom stereocenters. The molecule has 2 heterocycles. The van der Waals surface area contributed by atoms with Crippen LogP contribution in [0.5, 0.6) is 5.75 Å². The van der Waals surface area contributed by atoms with Gasteiger partial charge in [-0.05, 0) is 25.1 Å². The van der Waals surface area contributed by atoms with Gasteiger partial charge in [-0.3, -0.25) is 30.6 Å². The summed E-state index contributed by atoms with van der Waals surface area (Å²) in [6, 6.07) is 7.52. The third-order valence-electron chi connectivity index (χ3n) is 3.68. The van der Waals surface area contributed by atoms with Gasteiger partial charge in [0.15, 0.2) is 5.13 Å². The van der Waals surface area contributed by atoms with Crippen LogP contribution in [0.1, 0.15) is 32.2 Å². The van der Waals surface area contributed by atoms with E-state index < -0.39 is 11.8 Å². The fourth-order valence-electron chi connectivity index (χ4n) is 2.30. The molecule has 0 aliphatic rings. The lowest BCUT2D eigenvalue weighted by Crippen LogP contribution is -2.42. The Balaban J connectivity index is 1.51. The van der Waals surface area contributed by atoms with Crippen LogP contribution < -0.4 is 16.2 Å². The van der Waals surface area contributed by atoms with Crippen LogP contribution in [-0.2, 0) is 11.2 Å². The van der Waals surface area contributed by atoms with E-state index in [-0.39, 0.29) is 23.6 Å². The number of para-hydroxylation sites is 1. The molecule has 0 aliphatic heterocycles. The predicted octanol–water partition coefficient (Wildman–Crippen LogP) is 2.01. The van der Waals surface area contributed by atoms with Crippen molar-refractivity contribution in [2.75, 3.05) is 5.32 Å². The number of furan rings is 1. The molecule has 9 nitrogen and oxygen atoms in total. The minimum absolute atomic E-state index is 0.0380. The highest BCUT2D eigenvalue weighted by Gasteiger charge is 2.15. The summed E-state index contributed by atoms with van der Waals surface area (Å²) in [6.07, 6.45) is 1.32. The first-order valence-electron chi connectivity index (χ1n) is 8.11. The molecule has 3 rings (SSSR count). The van der Waals surface area contributed by atoms with Crippen LogP contribution in [0.15, 0.2) is 46.4 Å². The molecular formula is C18H16N4O5S. The number of benzene rings is 1. The first-order valence-corrected chi connectivity index (χ1v) is 8.99. The summed E-state index contributed by atoms with van der Waals surface area (Å²) in [6.45, 7) is 1.68. The normalized spacial score (nSPS) is 10.3. The second kappa shape index (κ2) is 8.35. The van der Waals surface area contributed by atoms with E-state index in [0.717, 1.165) is 0 Å². The van der Waals surface area contributed by atoms with E-state index in [1.807, 2.05) is 0 Å². The number of nitrogens with zero attached hydrogens (tertiary/aromatic N) is 1. The Morgan fingerprint density at radius 3 is 2.61 bits per heavy atom. The number of thiazole rings is 1. The molecule has 10 heteroatoms. The van der Waals surface area contributed by atoms with E-state index in [0.29, 0.717) is 22.1 Å². The van der Waals surface area contributed by atoms with Crippen LogP contribution in [-0.4, -0.2) is 27.8 Å². The van der Waals surface area contributed by atoms with Crippen molar-refractivity contribution >= 4 is 34.2 Å². The quantitative estimate of drug-likeness (QED) is 0.484. The fraction of sp³-hybridized carbons (Fsp3) is 0.111. The monoisotopic (exact) mass is 400 g/mol. The first kappa shape index (κ1) is 19.1. The smallest absolute Gasteiger partial charge is 0.273 e. The van der Waals surface area contributed by atoms with Gasteiger partial charge in [0.25, 0.3) is 11.8 Å². The zero-order chi connectivity index (χ0) is 20.1. The standard InChI is InChI=1S/C18H16N4O5S/c1-10-12(6-7-27-10)16(25)20-18-19-11(9-28-18)8-15(24)21-22-17(26)13-4-2-3-5-14(13)23/h2-7,9,23H,8H2,1H3,(H,21,24)(H,22,26)(H,19,20,25). The zero-order valence-electron chi connectivity index (χ0n) is 14.7. The number of nitrogens with one attached hydrogen (secondary N) is 3. The Morgan fingerprint density at radius 1 is 1.11 bits per heavy atom. The molecule has 3 amide bonds.